The Bertz CT molecular complexity index is 528. The van der Waals surface area contributed by atoms with Crippen LogP contribution in [0.1, 0.15) is 24.4 Å². The van der Waals surface area contributed by atoms with Crippen LogP contribution in [-0.4, -0.2) is 50.7 Å². The second-order valence-electron chi connectivity index (χ2n) is 6.26. The number of likely N-dealkylation sites (N-methyl/N-ethyl adjacent to an activating group) is 1. The molecule has 2 rings (SSSR count). The van der Waals surface area contributed by atoms with E-state index in [4.69, 9.17) is 10.5 Å². The van der Waals surface area contributed by atoms with Gasteiger partial charge in [-0.2, -0.15) is 0 Å². The minimum Gasteiger partial charge on any atom is -0.381 e. The van der Waals surface area contributed by atoms with Crippen molar-refractivity contribution in [2.75, 3.05) is 33.9 Å². The van der Waals surface area contributed by atoms with Crippen molar-refractivity contribution in [3.05, 3.63) is 35.6 Å². The van der Waals surface area contributed by atoms with Crippen LogP contribution in [0.3, 0.4) is 0 Å². The number of nitrogens with one attached hydrogen (secondary N) is 1. The Kier molecular flexibility index (Phi) is 11.2. The minimum absolute atomic E-state index is 0. The van der Waals surface area contributed by atoms with Crippen LogP contribution in [-0.2, 0) is 9.53 Å². The van der Waals surface area contributed by atoms with Gasteiger partial charge in [0.05, 0.1) is 12.1 Å². The molecule has 0 aliphatic carbocycles. The maximum atomic E-state index is 13.4. The zero-order valence-electron chi connectivity index (χ0n) is 14.6. The molecule has 0 bridgehead atoms. The Morgan fingerprint density at radius 3 is 2.56 bits per heavy atom. The second-order valence-corrected chi connectivity index (χ2v) is 6.26. The summed E-state index contributed by atoms with van der Waals surface area (Å²) in [6.07, 6.45) is 1.63. The average Bonchev–Trinajstić information content (AvgIpc) is 2.54. The lowest BCUT2D eigenvalue weighted by Crippen LogP contribution is -2.48. The lowest BCUT2D eigenvalue weighted by molar-refractivity contribution is -0.124. The summed E-state index contributed by atoms with van der Waals surface area (Å²) < 4.78 is 18.7. The quantitative estimate of drug-likeness (QED) is 0.773. The fraction of sp³-hybridized carbons (Fsp3) is 0.588. The van der Waals surface area contributed by atoms with Gasteiger partial charge in [0, 0.05) is 19.8 Å². The predicted octanol–water partition coefficient (Wildman–Crippen LogP) is 2.14. The third kappa shape index (κ3) is 7.07. The van der Waals surface area contributed by atoms with Crippen LogP contribution in [0.2, 0.25) is 0 Å². The van der Waals surface area contributed by atoms with E-state index >= 15 is 0 Å². The van der Waals surface area contributed by atoms with Crippen LogP contribution in [0, 0.1) is 11.7 Å². The van der Waals surface area contributed by atoms with Gasteiger partial charge in [-0.25, -0.2) is 4.39 Å². The zero-order valence-corrected chi connectivity index (χ0v) is 16.2. The van der Waals surface area contributed by atoms with E-state index in [1.165, 1.54) is 12.1 Å². The smallest absolute Gasteiger partial charge is 0.237 e. The van der Waals surface area contributed by atoms with Crippen molar-refractivity contribution in [1.82, 2.24) is 10.2 Å². The molecule has 1 aromatic rings. The first kappa shape index (κ1) is 24.1. The lowest BCUT2D eigenvalue weighted by atomic mass is 9.92. The first-order valence-electron chi connectivity index (χ1n) is 8.02. The summed E-state index contributed by atoms with van der Waals surface area (Å²) in [5, 5.41) is 2.91. The van der Waals surface area contributed by atoms with Crippen LogP contribution >= 0.6 is 24.8 Å². The maximum absolute atomic E-state index is 13.4. The topological polar surface area (TPSA) is 67.6 Å². The molecule has 1 aromatic carbocycles. The highest BCUT2D eigenvalue weighted by Crippen LogP contribution is 2.20. The van der Waals surface area contributed by atoms with Gasteiger partial charge >= 0.3 is 0 Å². The molecule has 0 radical (unpaired) electrons. The highest BCUT2D eigenvalue weighted by molar-refractivity contribution is 5.85. The number of hydrogen-bond acceptors (Lipinski definition) is 4. The molecule has 1 aliphatic heterocycles. The molecule has 0 aromatic heterocycles. The Labute approximate surface area is 161 Å². The van der Waals surface area contributed by atoms with Gasteiger partial charge in [0.2, 0.25) is 5.91 Å². The molecular weight excluding hydrogens is 368 g/mol. The number of benzene rings is 1. The molecule has 5 nitrogen and oxygen atoms in total. The molecule has 144 valence electrons. The first-order chi connectivity index (χ1) is 11.0. The van der Waals surface area contributed by atoms with E-state index < -0.39 is 6.04 Å². The van der Waals surface area contributed by atoms with Crippen molar-refractivity contribution in [3.8, 4) is 0 Å². The number of halogens is 3. The summed E-state index contributed by atoms with van der Waals surface area (Å²) in [7, 11) is 3.81. The van der Waals surface area contributed by atoms with Crippen LogP contribution in [0.5, 0.6) is 0 Å². The van der Waals surface area contributed by atoms with E-state index in [9.17, 15) is 9.18 Å². The van der Waals surface area contributed by atoms with Gasteiger partial charge in [0.25, 0.3) is 0 Å². The number of nitrogens with two attached hydrogens (primary N) is 1. The van der Waals surface area contributed by atoms with Crippen molar-refractivity contribution < 1.29 is 13.9 Å². The number of amides is 1. The molecular formula is C17H28Cl2FN3O2. The number of carbonyl (C=O) groups is 1. The van der Waals surface area contributed by atoms with E-state index in [1.54, 1.807) is 6.07 Å². The SMILES string of the molecule is CN(C)C(CNC(=O)C(N)C1CCOCC1)c1cccc(F)c1.Cl.Cl. The summed E-state index contributed by atoms with van der Waals surface area (Å²) >= 11 is 0. The van der Waals surface area contributed by atoms with Gasteiger partial charge in [-0.15, -0.1) is 24.8 Å². The van der Waals surface area contributed by atoms with Gasteiger partial charge in [0.15, 0.2) is 0 Å². The molecule has 0 saturated carbocycles. The maximum Gasteiger partial charge on any atom is 0.237 e. The molecule has 1 amide bonds. The van der Waals surface area contributed by atoms with Gasteiger partial charge in [-0.3, -0.25) is 4.79 Å². The van der Waals surface area contributed by atoms with Crippen molar-refractivity contribution in [3.63, 3.8) is 0 Å². The summed E-state index contributed by atoms with van der Waals surface area (Å²) in [5.41, 5.74) is 6.90. The number of carbonyl (C=O) groups excluding carboxylic acids is 1. The molecule has 8 heteroatoms. The lowest BCUT2D eigenvalue weighted by Gasteiger charge is -2.29. The van der Waals surface area contributed by atoms with Gasteiger partial charge in [0.1, 0.15) is 5.82 Å². The Morgan fingerprint density at radius 1 is 1.36 bits per heavy atom. The molecule has 2 atom stereocenters. The van der Waals surface area contributed by atoms with Crippen LogP contribution in [0.15, 0.2) is 24.3 Å². The largest absolute Gasteiger partial charge is 0.381 e. The normalized spacial score (nSPS) is 17.2. The standard InChI is InChI=1S/C17H26FN3O2.2ClH/c1-21(2)15(13-4-3-5-14(18)10-13)11-20-17(22)16(19)12-6-8-23-9-7-12;;/h3-5,10,12,15-16H,6-9,11,19H2,1-2H3,(H,20,22);2*1H. The number of ether oxygens (including phenoxy) is 1. The molecule has 0 spiro atoms. The predicted molar refractivity (Wildman–Crippen MR) is 102 cm³/mol. The zero-order chi connectivity index (χ0) is 16.8. The second kappa shape index (κ2) is 11.6. The molecule has 25 heavy (non-hydrogen) atoms. The summed E-state index contributed by atoms with van der Waals surface area (Å²) in [6, 6.07) is 5.82. The summed E-state index contributed by atoms with van der Waals surface area (Å²) in [4.78, 5) is 14.3. The van der Waals surface area contributed by atoms with Crippen molar-refractivity contribution in [1.29, 1.82) is 0 Å². The van der Waals surface area contributed by atoms with Crippen LogP contribution in [0.25, 0.3) is 0 Å². The van der Waals surface area contributed by atoms with Crippen molar-refractivity contribution in [2.45, 2.75) is 24.9 Å². The third-order valence-corrected chi connectivity index (χ3v) is 4.40. The highest BCUT2D eigenvalue weighted by Gasteiger charge is 2.27. The molecule has 1 fully saturated rings. The van der Waals surface area contributed by atoms with Crippen molar-refractivity contribution in [2.24, 2.45) is 11.7 Å². The van der Waals surface area contributed by atoms with Gasteiger partial charge in [-0.1, -0.05) is 12.1 Å². The Morgan fingerprint density at radius 2 is 2.00 bits per heavy atom. The van der Waals surface area contributed by atoms with E-state index in [0.717, 1.165) is 18.4 Å². The minimum atomic E-state index is -0.519. The molecule has 3 N–H and O–H groups in total. The fourth-order valence-electron chi connectivity index (χ4n) is 2.92. The monoisotopic (exact) mass is 395 g/mol. The van der Waals surface area contributed by atoms with Gasteiger partial charge < -0.3 is 20.7 Å². The number of rotatable bonds is 6. The Hall–Kier alpha value is -0.920. The molecule has 1 aliphatic rings. The van der Waals surface area contributed by atoms with E-state index in [1.807, 2.05) is 25.1 Å². The van der Waals surface area contributed by atoms with Crippen LogP contribution in [0.4, 0.5) is 4.39 Å². The number of nitrogens with zero attached hydrogens (tertiary/aromatic N) is 1. The Balaban J connectivity index is 0.00000288. The highest BCUT2D eigenvalue weighted by atomic mass is 35.5. The van der Waals surface area contributed by atoms with Gasteiger partial charge in [-0.05, 0) is 50.6 Å². The van der Waals surface area contributed by atoms with E-state index in [2.05, 4.69) is 5.32 Å². The van der Waals surface area contributed by atoms with Crippen molar-refractivity contribution >= 4 is 30.7 Å². The van der Waals surface area contributed by atoms with E-state index in [0.29, 0.717) is 19.8 Å². The third-order valence-electron chi connectivity index (χ3n) is 4.40. The molecule has 1 heterocycles. The van der Waals surface area contributed by atoms with Crippen LogP contribution < -0.4 is 11.1 Å². The average molecular weight is 396 g/mol. The molecule has 1 saturated heterocycles. The van der Waals surface area contributed by atoms with E-state index in [-0.39, 0.29) is 48.5 Å². The number of hydrogen-bond donors (Lipinski definition) is 2. The molecule has 2 unspecified atom stereocenters. The summed E-state index contributed by atoms with van der Waals surface area (Å²) in [6.45, 7) is 1.72. The first-order valence-corrected chi connectivity index (χ1v) is 8.02. The fourth-order valence-corrected chi connectivity index (χ4v) is 2.92. The summed E-state index contributed by atoms with van der Waals surface area (Å²) in [5.74, 6) is -0.268.